The molecule has 0 radical (unpaired) electrons. The molecule has 0 aromatic carbocycles. The van der Waals surface area contributed by atoms with Gasteiger partial charge in [-0.05, 0) is 50.5 Å². The Morgan fingerprint density at radius 3 is 2.67 bits per heavy atom. The lowest BCUT2D eigenvalue weighted by Gasteiger charge is -2.58. The van der Waals surface area contributed by atoms with E-state index in [2.05, 4.69) is 13.8 Å². The first-order chi connectivity index (χ1) is 14.2. The van der Waals surface area contributed by atoms with Crippen molar-refractivity contribution in [1.82, 2.24) is 0 Å². The second kappa shape index (κ2) is 5.56. The van der Waals surface area contributed by atoms with Crippen molar-refractivity contribution >= 4 is 17.7 Å². The number of ketones is 1. The molecule has 2 aliphatic heterocycles. The number of methoxy groups -OCH3 is 1. The Morgan fingerprint density at radius 2 is 1.97 bits per heavy atom. The highest BCUT2D eigenvalue weighted by atomic mass is 16.6. The van der Waals surface area contributed by atoms with Crippen molar-refractivity contribution in [2.24, 2.45) is 28.6 Å². The van der Waals surface area contributed by atoms with Gasteiger partial charge in [-0.25, -0.2) is 0 Å². The van der Waals surface area contributed by atoms with E-state index in [-0.39, 0.29) is 52.4 Å². The minimum Gasteiger partial charge on any atom is -0.469 e. The zero-order chi connectivity index (χ0) is 21.1. The van der Waals surface area contributed by atoms with E-state index in [1.807, 2.05) is 0 Å². The fraction of sp³-hybridized carbons (Fsp3) is 0.792. The molecule has 6 nitrogen and oxygen atoms in total. The van der Waals surface area contributed by atoms with E-state index in [9.17, 15) is 14.4 Å². The first-order valence-electron chi connectivity index (χ1n) is 11.4. The molecule has 162 valence electrons. The average Bonchev–Trinajstić information content (AvgIpc) is 3.20. The molecule has 0 N–H and O–H groups in total. The first kappa shape index (κ1) is 19.0. The van der Waals surface area contributed by atoms with Crippen LogP contribution >= 0.6 is 0 Å². The zero-order valence-corrected chi connectivity index (χ0v) is 18.0. The number of esters is 2. The molecule has 4 aliphatic carbocycles. The normalized spacial score (nSPS) is 53.2. The fourth-order valence-corrected chi connectivity index (χ4v) is 8.69. The Morgan fingerprint density at radius 1 is 1.17 bits per heavy atom. The summed E-state index contributed by atoms with van der Waals surface area (Å²) >= 11 is 0. The molecule has 0 amide bonds. The Bertz CT molecular complexity index is 907. The minimum absolute atomic E-state index is 0.0303. The Hall–Kier alpha value is -1.69. The maximum Gasteiger partial charge on any atom is 0.309 e. The van der Waals surface area contributed by atoms with Crippen molar-refractivity contribution in [3.8, 4) is 0 Å². The van der Waals surface area contributed by atoms with E-state index in [1.165, 1.54) is 7.11 Å². The van der Waals surface area contributed by atoms with Crippen LogP contribution in [0.3, 0.4) is 0 Å². The van der Waals surface area contributed by atoms with Crippen LogP contribution in [-0.4, -0.2) is 42.1 Å². The summed E-state index contributed by atoms with van der Waals surface area (Å²) in [5.74, 6) is -0.201. The molecule has 0 aromatic heterocycles. The van der Waals surface area contributed by atoms with Gasteiger partial charge in [0.2, 0.25) is 0 Å². The molecule has 2 heterocycles. The van der Waals surface area contributed by atoms with Crippen LogP contribution in [0.2, 0.25) is 0 Å². The fourth-order valence-electron chi connectivity index (χ4n) is 8.69. The lowest BCUT2D eigenvalue weighted by molar-refractivity contribution is -0.172. The van der Waals surface area contributed by atoms with E-state index in [4.69, 9.17) is 14.2 Å². The molecule has 5 fully saturated rings. The number of hydrogen-bond donors (Lipinski definition) is 0. The molecule has 2 unspecified atom stereocenters. The van der Waals surface area contributed by atoms with Gasteiger partial charge in [-0.3, -0.25) is 14.4 Å². The third-order valence-electron chi connectivity index (χ3n) is 10.2. The topological polar surface area (TPSA) is 82.2 Å². The van der Waals surface area contributed by atoms with E-state index < -0.39 is 11.2 Å². The highest BCUT2D eigenvalue weighted by molar-refractivity contribution is 5.92. The summed E-state index contributed by atoms with van der Waals surface area (Å²) < 4.78 is 17.9. The molecule has 8 atom stereocenters. The number of ether oxygens (including phenoxy) is 3. The third kappa shape index (κ3) is 1.94. The second-order valence-corrected chi connectivity index (χ2v) is 11.0. The predicted molar refractivity (Wildman–Crippen MR) is 105 cm³/mol. The second-order valence-electron chi connectivity index (χ2n) is 11.0. The van der Waals surface area contributed by atoms with E-state index >= 15 is 0 Å². The smallest absolute Gasteiger partial charge is 0.309 e. The number of rotatable bonds is 1. The van der Waals surface area contributed by atoms with Gasteiger partial charge >= 0.3 is 11.9 Å². The van der Waals surface area contributed by atoms with Gasteiger partial charge in [0, 0.05) is 29.6 Å². The van der Waals surface area contributed by atoms with E-state index in [0.29, 0.717) is 19.3 Å². The minimum atomic E-state index is -0.424. The van der Waals surface area contributed by atoms with Gasteiger partial charge < -0.3 is 14.2 Å². The van der Waals surface area contributed by atoms with Crippen molar-refractivity contribution in [3.63, 3.8) is 0 Å². The van der Waals surface area contributed by atoms with Crippen LogP contribution in [0.1, 0.15) is 65.2 Å². The quantitative estimate of drug-likeness (QED) is 0.484. The van der Waals surface area contributed by atoms with Gasteiger partial charge in [0.15, 0.2) is 5.78 Å². The molecule has 2 saturated heterocycles. The third-order valence-corrected chi connectivity index (χ3v) is 10.2. The van der Waals surface area contributed by atoms with Gasteiger partial charge in [-0.2, -0.15) is 0 Å². The molecule has 6 aliphatic rings. The lowest BCUT2D eigenvalue weighted by atomic mass is 9.43. The van der Waals surface area contributed by atoms with Crippen molar-refractivity contribution < 1.29 is 28.6 Å². The van der Waals surface area contributed by atoms with Crippen LogP contribution in [0.15, 0.2) is 11.6 Å². The standard InChI is InChI=1S/C24H30O6/c1-21-7-4-14(25)10-13(21)11-15(20(27)28-3)19-16-5-8-23(9-6-18(26)30-23)22(16,2)12-17-24(19,21)29-17/h10,15-17,19H,4-9,11-12H2,1-3H3/t15-,16-,17?,19-,21-,22-,23+,24?/m0/s1. The largest absolute Gasteiger partial charge is 0.469 e. The van der Waals surface area contributed by atoms with Crippen LogP contribution < -0.4 is 0 Å². The van der Waals surface area contributed by atoms with Crippen LogP contribution in [0.4, 0.5) is 0 Å². The maximum absolute atomic E-state index is 13.0. The summed E-state index contributed by atoms with van der Waals surface area (Å²) in [5.41, 5.74) is -0.175. The van der Waals surface area contributed by atoms with Gasteiger partial charge in [0.1, 0.15) is 11.2 Å². The molecule has 3 saturated carbocycles. The summed E-state index contributed by atoms with van der Waals surface area (Å²) in [6.07, 6.45) is 7.61. The Kier molecular flexibility index (Phi) is 3.53. The average molecular weight is 414 g/mol. The summed E-state index contributed by atoms with van der Waals surface area (Å²) in [6.45, 7) is 4.51. The van der Waals surface area contributed by atoms with Gasteiger partial charge in [0.25, 0.3) is 0 Å². The molecular weight excluding hydrogens is 384 g/mol. The van der Waals surface area contributed by atoms with Gasteiger partial charge in [0.05, 0.1) is 19.1 Å². The van der Waals surface area contributed by atoms with E-state index in [0.717, 1.165) is 37.7 Å². The van der Waals surface area contributed by atoms with Gasteiger partial charge in [-0.15, -0.1) is 0 Å². The number of carbonyl (C=O) groups is 3. The summed E-state index contributed by atoms with van der Waals surface area (Å²) in [6, 6.07) is 0. The molecule has 6 heteroatoms. The highest BCUT2D eigenvalue weighted by Crippen LogP contribution is 2.78. The summed E-state index contributed by atoms with van der Waals surface area (Å²) in [5, 5.41) is 0. The van der Waals surface area contributed by atoms with Crippen LogP contribution in [0.5, 0.6) is 0 Å². The Labute approximate surface area is 176 Å². The highest BCUT2D eigenvalue weighted by Gasteiger charge is 2.83. The summed E-state index contributed by atoms with van der Waals surface area (Å²) in [7, 11) is 1.45. The molecule has 0 bridgehead atoms. The number of epoxide rings is 1. The zero-order valence-electron chi connectivity index (χ0n) is 18.0. The Balaban J connectivity index is 1.49. The van der Waals surface area contributed by atoms with Crippen LogP contribution in [0, 0.1) is 28.6 Å². The van der Waals surface area contributed by atoms with Crippen molar-refractivity contribution in [3.05, 3.63) is 11.6 Å². The molecule has 2 spiro atoms. The number of hydrogen-bond acceptors (Lipinski definition) is 6. The lowest BCUT2D eigenvalue weighted by Crippen LogP contribution is -2.63. The first-order valence-corrected chi connectivity index (χ1v) is 11.4. The summed E-state index contributed by atoms with van der Waals surface area (Å²) in [4.78, 5) is 37.4. The molecular formula is C24H30O6. The van der Waals surface area contributed by atoms with Crippen molar-refractivity contribution in [2.75, 3.05) is 7.11 Å². The van der Waals surface area contributed by atoms with Crippen molar-refractivity contribution in [1.29, 1.82) is 0 Å². The SMILES string of the molecule is COC(=O)[C@H]1CC2=CC(=O)CC[C@]2(C)C23OC2C[C@@]2(C)[C@@H](CC[C@@]24CCC(=O)O4)[C@H]13. The molecule has 6 rings (SSSR count). The monoisotopic (exact) mass is 414 g/mol. The van der Waals surface area contributed by atoms with Crippen LogP contribution in [-0.2, 0) is 28.6 Å². The number of carbonyl (C=O) groups excluding carboxylic acids is 3. The maximum atomic E-state index is 13.0. The van der Waals surface area contributed by atoms with Crippen LogP contribution in [0.25, 0.3) is 0 Å². The number of fused-ring (bicyclic) bond motifs is 4. The van der Waals surface area contributed by atoms with Gasteiger partial charge in [-0.1, -0.05) is 19.4 Å². The van der Waals surface area contributed by atoms with Crippen molar-refractivity contribution in [2.45, 2.75) is 82.5 Å². The molecule has 0 aromatic rings. The molecule has 30 heavy (non-hydrogen) atoms. The predicted octanol–water partition coefficient (Wildman–Crippen LogP) is 3.12. The van der Waals surface area contributed by atoms with E-state index in [1.54, 1.807) is 6.08 Å².